The Labute approximate surface area is 328 Å². The number of nitrogens with zero attached hydrogens (tertiary/aromatic N) is 2. The summed E-state index contributed by atoms with van der Waals surface area (Å²) in [6, 6.07) is 14.7. The summed E-state index contributed by atoms with van der Waals surface area (Å²) in [7, 11) is 2.80. The van der Waals surface area contributed by atoms with Gasteiger partial charge in [0.1, 0.15) is 6.61 Å². The highest BCUT2D eigenvalue weighted by molar-refractivity contribution is 14.1. The Morgan fingerprint density at radius 3 is 2.26 bits per heavy atom. The summed E-state index contributed by atoms with van der Waals surface area (Å²) in [5, 5.41) is 0. The van der Waals surface area contributed by atoms with E-state index in [9.17, 15) is 19.2 Å². The lowest BCUT2D eigenvalue weighted by Gasteiger charge is -2.25. The largest absolute Gasteiger partial charge is 0.493 e. The van der Waals surface area contributed by atoms with E-state index in [1.54, 1.807) is 82.3 Å². The number of esters is 3. The molecule has 0 unspecified atom stereocenters. The third-order valence-corrected chi connectivity index (χ3v) is 9.86. The molecule has 1 aliphatic heterocycles. The normalized spacial score (nSPS) is 13.8. The predicted octanol–water partition coefficient (Wildman–Crippen LogP) is 5.12. The summed E-state index contributed by atoms with van der Waals surface area (Å²) in [6.07, 6.45) is 1.74. The summed E-state index contributed by atoms with van der Waals surface area (Å²) in [5.41, 5.74) is 2.75. The monoisotopic (exact) mass is 870 g/mol. The fourth-order valence-corrected chi connectivity index (χ4v) is 7.43. The molecule has 0 aliphatic carbocycles. The SMILES string of the molecule is CCOC(=O)C1=C(C)N=c2s/c(=C/c3cc(I)c(OCc4ccc(C(=O)OCC)cc4)c(OC)c3)c(=O)n2[C@H]1c1ccc(OCC(=O)OC)c(OCC)c1. The first kappa shape index (κ1) is 40.0. The Balaban J connectivity index is 1.52. The first-order chi connectivity index (χ1) is 26.0. The second-order valence-corrected chi connectivity index (χ2v) is 13.7. The molecular weight excluding hydrogens is 831 g/mol. The van der Waals surface area contributed by atoms with Crippen LogP contribution in [0.3, 0.4) is 0 Å². The van der Waals surface area contributed by atoms with Crippen molar-refractivity contribution >= 4 is 57.9 Å². The Hall–Kier alpha value is -5.16. The van der Waals surface area contributed by atoms with Gasteiger partial charge in [-0.3, -0.25) is 9.36 Å². The van der Waals surface area contributed by atoms with E-state index < -0.39 is 18.0 Å². The molecule has 0 saturated carbocycles. The highest BCUT2D eigenvalue weighted by Gasteiger charge is 2.34. The molecule has 0 N–H and O–H groups in total. The molecule has 284 valence electrons. The number of thiazole rings is 1. The second kappa shape index (κ2) is 18.2. The van der Waals surface area contributed by atoms with Gasteiger partial charge in [-0.1, -0.05) is 29.5 Å². The molecule has 54 heavy (non-hydrogen) atoms. The Morgan fingerprint density at radius 1 is 0.870 bits per heavy atom. The number of hydrogen-bond donors (Lipinski definition) is 0. The number of carbonyl (C=O) groups excluding carboxylic acids is 3. The van der Waals surface area contributed by atoms with Crippen LogP contribution in [0.15, 0.2) is 75.7 Å². The molecule has 15 heteroatoms. The van der Waals surface area contributed by atoms with Gasteiger partial charge in [-0.15, -0.1) is 0 Å². The van der Waals surface area contributed by atoms with E-state index >= 15 is 0 Å². The predicted molar refractivity (Wildman–Crippen MR) is 208 cm³/mol. The van der Waals surface area contributed by atoms with Crippen molar-refractivity contribution in [1.29, 1.82) is 0 Å². The van der Waals surface area contributed by atoms with E-state index in [4.69, 9.17) is 33.2 Å². The van der Waals surface area contributed by atoms with E-state index in [0.29, 0.717) is 61.3 Å². The molecule has 5 rings (SSSR count). The first-order valence-electron chi connectivity index (χ1n) is 17.0. The summed E-state index contributed by atoms with van der Waals surface area (Å²) in [6.45, 7) is 7.56. The van der Waals surface area contributed by atoms with Crippen molar-refractivity contribution in [1.82, 2.24) is 4.57 Å². The topological polar surface area (TPSA) is 150 Å². The van der Waals surface area contributed by atoms with Crippen LogP contribution in [-0.4, -0.2) is 63.1 Å². The standard InChI is InChI=1S/C39H39IN2O11S/c1-7-49-29-19-26(14-15-28(29)52-21-32(43)48-6)34-33(38(46)51-9-3)22(4)41-39-42(34)36(44)31(54-39)18-24-16-27(40)35(30(17-24)47-5)53-20-23-10-12-25(13-11-23)37(45)50-8-2/h10-19,34H,7-9,20-21H2,1-6H3/b31-18+/t34-/m0/s1. The van der Waals surface area contributed by atoms with Gasteiger partial charge < -0.3 is 33.2 Å². The second-order valence-electron chi connectivity index (χ2n) is 11.5. The van der Waals surface area contributed by atoms with Gasteiger partial charge in [0.2, 0.25) is 0 Å². The number of fused-ring (bicyclic) bond motifs is 1. The molecule has 0 bridgehead atoms. The minimum absolute atomic E-state index is 0.124. The average Bonchev–Trinajstić information content (AvgIpc) is 3.46. The molecule has 1 atom stereocenters. The molecule has 1 aliphatic rings. The van der Waals surface area contributed by atoms with Crippen LogP contribution >= 0.6 is 33.9 Å². The van der Waals surface area contributed by atoms with E-state index in [1.165, 1.54) is 30.1 Å². The van der Waals surface area contributed by atoms with Crippen molar-refractivity contribution < 1.29 is 47.5 Å². The lowest BCUT2D eigenvalue weighted by molar-refractivity contribution is -0.143. The quantitative estimate of drug-likeness (QED) is 0.0891. The lowest BCUT2D eigenvalue weighted by atomic mass is 9.95. The molecule has 3 aromatic carbocycles. The number of hydrogen-bond acceptors (Lipinski definition) is 13. The maximum atomic E-state index is 14.3. The van der Waals surface area contributed by atoms with Crippen LogP contribution in [0, 0.1) is 3.57 Å². The van der Waals surface area contributed by atoms with Crippen LogP contribution in [-0.2, 0) is 30.4 Å². The van der Waals surface area contributed by atoms with E-state index in [1.807, 2.05) is 6.07 Å². The zero-order valence-corrected chi connectivity index (χ0v) is 33.5. The van der Waals surface area contributed by atoms with Crippen molar-refractivity contribution in [3.63, 3.8) is 0 Å². The van der Waals surface area contributed by atoms with Gasteiger partial charge >= 0.3 is 17.9 Å². The lowest BCUT2D eigenvalue weighted by Crippen LogP contribution is -2.40. The summed E-state index contributed by atoms with van der Waals surface area (Å²) in [5.74, 6) is 0.0294. The maximum Gasteiger partial charge on any atom is 0.343 e. The highest BCUT2D eigenvalue weighted by Crippen LogP contribution is 2.37. The minimum Gasteiger partial charge on any atom is -0.493 e. The molecule has 0 amide bonds. The number of benzene rings is 3. The van der Waals surface area contributed by atoms with Crippen molar-refractivity contribution in [3.05, 3.63) is 111 Å². The Bertz CT molecular complexity index is 2260. The molecule has 0 fully saturated rings. The van der Waals surface area contributed by atoms with Crippen LogP contribution in [0.2, 0.25) is 0 Å². The number of ether oxygens (including phenoxy) is 7. The van der Waals surface area contributed by atoms with Crippen molar-refractivity contribution in [2.75, 3.05) is 40.6 Å². The molecule has 2 heterocycles. The number of aromatic nitrogens is 1. The number of halogens is 1. The Kier molecular flexibility index (Phi) is 13.5. The molecule has 13 nitrogen and oxygen atoms in total. The molecule has 1 aromatic heterocycles. The van der Waals surface area contributed by atoms with Gasteiger partial charge in [-0.2, -0.15) is 0 Å². The van der Waals surface area contributed by atoms with Gasteiger partial charge in [0.15, 0.2) is 34.4 Å². The van der Waals surface area contributed by atoms with Gasteiger partial charge in [0.25, 0.3) is 5.56 Å². The third-order valence-electron chi connectivity index (χ3n) is 8.07. The van der Waals surface area contributed by atoms with Gasteiger partial charge in [0.05, 0.1) is 65.0 Å². The van der Waals surface area contributed by atoms with Crippen LogP contribution in [0.4, 0.5) is 0 Å². The van der Waals surface area contributed by atoms with Gasteiger partial charge in [-0.05, 0) is 109 Å². The highest BCUT2D eigenvalue weighted by atomic mass is 127. The van der Waals surface area contributed by atoms with Crippen LogP contribution in [0.5, 0.6) is 23.0 Å². The van der Waals surface area contributed by atoms with Crippen LogP contribution < -0.4 is 33.8 Å². The zero-order chi connectivity index (χ0) is 38.9. The van der Waals surface area contributed by atoms with E-state index in [2.05, 4.69) is 27.6 Å². The summed E-state index contributed by atoms with van der Waals surface area (Å²) in [4.78, 5) is 56.6. The maximum absolute atomic E-state index is 14.3. The van der Waals surface area contributed by atoms with Crippen LogP contribution in [0.1, 0.15) is 60.8 Å². The third kappa shape index (κ3) is 8.95. The molecule has 4 aromatic rings. The van der Waals surface area contributed by atoms with Crippen LogP contribution in [0.25, 0.3) is 6.08 Å². The molecule has 0 saturated heterocycles. The van der Waals surface area contributed by atoms with Gasteiger partial charge in [-0.25, -0.2) is 19.4 Å². The van der Waals surface area contributed by atoms with Crippen molar-refractivity contribution in [2.24, 2.45) is 4.99 Å². The smallest absolute Gasteiger partial charge is 0.343 e. The zero-order valence-electron chi connectivity index (χ0n) is 30.6. The molecular formula is C39H39IN2O11S. The minimum atomic E-state index is -0.909. The fourth-order valence-electron chi connectivity index (χ4n) is 5.61. The van der Waals surface area contributed by atoms with E-state index in [-0.39, 0.29) is 43.5 Å². The van der Waals surface area contributed by atoms with Gasteiger partial charge in [0, 0.05) is 0 Å². The first-order valence-corrected chi connectivity index (χ1v) is 18.8. The summed E-state index contributed by atoms with van der Waals surface area (Å²) < 4.78 is 41.1. The van der Waals surface area contributed by atoms with Crippen molar-refractivity contribution in [2.45, 2.75) is 40.3 Å². The van der Waals surface area contributed by atoms with Crippen molar-refractivity contribution in [3.8, 4) is 23.0 Å². The Morgan fingerprint density at radius 2 is 1.59 bits per heavy atom. The average molecular weight is 871 g/mol. The summed E-state index contributed by atoms with van der Waals surface area (Å²) >= 11 is 3.34. The fraction of sp³-hybridized carbons (Fsp3) is 0.308. The number of rotatable bonds is 15. The number of allylic oxidation sites excluding steroid dienone is 1. The number of methoxy groups -OCH3 is 2. The number of carbonyl (C=O) groups is 3. The van der Waals surface area contributed by atoms with E-state index in [0.717, 1.165) is 9.13 Å². The molecule has 0 spiro atoms. The molecule has 0 radical (unpaired) electrons.